The summed E-state index contributed by atoms with van der Waals surface area (Å²) in [7, 11) is 2.21. The van der Waals surface area contributed by atoms with Gasteiger partial charge in [-0.05, 0) is 50.0 Å². The van der Waals surface area contributed by atoms with Crippen molar-refractivity contribution >= 4 is 0 Å². The zero-order valence-electron chi connectivity index (χ0n) is 12.2. The predicted molar refractivity (Wildman–Crippen MR) is 75.3 cm³/mol. The molecular weight excluding hydrogens is 224 g/mol. The number of aliphatic hydroxyl groups excluding tert-OH is 1. The Labute approximate surface area is 112 Å². The lowest BCUT2D eigenvalue weighted by Crippen LogP contribution is -2.50. The smallest absolute Gasteiger partial charge is 0.0546 e. The first-order chi connectivity index (χ1) is 8.38. The van der Waals surface area contributed by atoms with Gasteiger partial charge in [0, 0.05) is 19.1 Å². The van der Waals surface area contributed by atoms with E-state index in [2.05, 4.69) is 25.8 Å². The van der Waals surface area contributed by atoms with Crippen LogP contribution in [0.15, 0.2) is 0 Å². The molecule has 2 unspecified atom stereocenters. The molecule has 2 fully saturated rings. The molecule has 2 atom stereocenters. The highest BCUT2D eigenvalue weighted by Crippen LogP contribution is 2.38. The van der Waals surface area contributed by atoms with Crippen molar-refractivity contribution in [2.24, 2.45) is 23.0 Å². The van der Waals surface area contributed by atoms with E-state index in [9.17, 15) is 5.11 Å². The summed E-state index contributed by atoms with van der Waals surface area (Å²) in [5.74, 6) is 1.35. The molecule has 3 nitrogen and oxygen atoms in total. The van der Waals surface area contributed by atoms with Gasteiger partial charge in [-0.25, -0.2) is 0 Å². The maximum Gasteiger partial charge on any atom is 0.0546 e. The molecule has 2 aliphatic carbocycles. The Morgan fingerprint density at radius 2 is 1.94 bits per heavy atom. The summed E-state index contributed by atoms with van der Waals surface area (Å²) in [6.45, 7) is 6.87. The Bertz CT molecular complexity index is 274. The second kappa shape index (κ2) is 5.48. The van der Waals surface area contributed by atoms with E-state index >= 15 is 0 Å². The quantitative estimate of drug-likeness (QED) is 0.805. The van der Waals surface area contributed by atoms with E-state index in [4.69, 9.17) is 5.73 Å². The summed E-state index contributed by atoms with van der Waals surface area (Å²) in [6.07, 6.45) is 5.82. The Morgan fingerprint density at radius 3 is 2.56 bits per heavy atom. The van der Waals surface area contributed by atoms with Gasteiger partial charge in [-0.1, -0.05) is 20.3 Å². The Morgan fingerprint density at radius 1 is 1.28 bits per heavy atom. The van der Waals surface area contributed by atoms with Gasteiger partial charge >= 0.3 is 0 Å². The van der Waals surface area contributed by atoms with Gasteiger partial charge in [0.2, 0.25) is 0 Å². The van der Waals surface area contributed by atoms with Gasteiger partial charge in [0.1, 0.15) is 0 Å². The fourth-order valence-electron chi connectivity index (χ4n) is 3.77. The minimum absolute atomic E-state index is 0.0285. The summed E-state index contributed by atoms with van der Waals surface area (Å²) < 4.78 is 0. The van der Waals surface area contributed by atoms with Crippen LogP contribution in [0.25, 0.3) is 0 Å². The highest BCUT2D eigenvalue weighted by molar-refractivity contribution is 4.92. The first-order valence-corrected chi connectivity index (χ1v) is 7.50. The molecule has 2 saturated carbocycles. The molecule has 106 valence electrons. The molecule has 0 bridgehead atoms. The molecule has 0 aromatic rings. The summed E-state index contributed by atoms with van der Waals surface area (Å²) in [5.41, 5.74) is 6.74. The van der Waals surface area contributed by atoms with Crippen LogP contribution in [0, 0.1) is 17.3 Å². The summed E-state index contributed by atoms with van der Waals surface area (Å²) in [5, 5.41) is 9.32. The first-order valence-electron chi connectivity index (χ1n) is 7.50. The number of rotatable bonds is 4. The van der Waals surface area contributed by atoms with Crippen LogP contribution in [-0.4, -0.2) is 42.3 Å². The van der Waals surface area contributed by atoms with E-state index in [1.807, 2.05) is 0 Å². The minimum atomic E-state index is -0.0285. The van der Waals surface area contributed by atoms with E-state index in [-0.39, 0.29) is 6.10 Å². The van der Waals surface area contributed by atoms with Crippen LogP contribution in [0.2, 0.25) is 0 Å². The van der Waals surface area contributed by atoms with Gasteiger partial charge < -0.3 is 15.7 Å². The van der Waals surface area contributed by atoms with Crippen molar-refractivity contribution in [2.75, 3.05) is 20.1 Å². The number of nitrogens with two attached hydrogens (primary N) is 1. The number of hydrogen-bond acceptors (Lipinski definition) is 3. The SMILES string of the molecule is CN(CC1CC(O)C1)CC1CCCC(C)(C)C1N. The predicted octanol–water partition coefficient (Wildman–Crippen LogP) is 1.84. The number of aliphatic hydroxyl groups is 1. The summed E-state index contributed by atoms with van der Waals surface area (Å²) >= 11 is 0. The lowest BCUT2D eigenvalue weighted by atomic mass is 9.68. The van der Waals surface area contributed by atoms with Crippen LogP contribution in [-0.2, 0) is 0 Å². The summed E-state index contributed by atoms with van der Waals surface area (Å²) in [4.78, 5) is 2.43. The molecule has 0 heterocycles. The Kier molecular flexibility index (Phi) is 4.35. The Hall–Kier alpha value is -0.120. The second-order valence-corrected chi connectivity index (χ2v) is 7.38. The van der Waals surface area contributed by atoms with Crippen molar-refractivity contribution in [3.8, 4) is 0 Å². The van der Waals surface area contributed by atoms with E-state index in [1.165, 1.54) is 19.3 Å². The Balaban J connectivity index is 1.77. The third kappa shape index (κ3) is 3.25. The molecule has 0 radical (unpaired) electrons. The maximum absolute atomic E-state index is 9.32. The molecule has 0 aromatic heterocycles. The highest BCUT2D eigenvalue weighted by Gasteiger charge is 2.37. The number of nitrogens with zero attached hydrogens (tertiary/aromatic N) is 1. The van der Waals surface area contributed by atoms with Gasteiger partial charge in [-0.3, -0.25) is 0 Å². The fraction of sp³-hybridized carbons (Fsp3) is 1.00. The standard InChI is InChI=1S/C15H30N2O/c1-15(2)6-4-5-12(14(15)16)10-17(3)9-11-7-13(18)8-11/h11-14,18H,4-10,16H2,1-3H3. The zero-order chi connectivity index (χ0) is 13.3. The van der Waals surface area contributed by atoms with Crippen molar-refractivity contribution in [3.05, 3.63) is 0 Å². The zero-order valence-corrected chi connectivity index (χ0v) is 12.2. The van der Waals surface area contributed by atoms with Crippen LogP contribution in [0.1, 0.15) is 46.0 Å². The van der Waals surface area contributed by atoms with E-state index in [0.29, 0.717) is 23.3 Å². The minimum Gasteiger partial charge on any atom is -0.393 e. The molecule has 3 heteroatoms. The highest BCUT2D eigenvalue weighted by atomic mass is 16.3. The average Bonchev–Trinajstić information content (AvgIpc) is 2.22. The van der Waals surface area contributed by atoms with Crippen molar-refractivity contribution in [2.45, 2.75) is 58.1 Å². The van der Waals surface area contributed by atoms with Gasteiger partial charge in [0.25, 0.3) is 0 Å². The lowest BCUT2D eigenvalue weighted by Gasteiger charge is -2.44. The largest absolute Gasteiger partial charge is 0.393 e. The third-order valence-corrected chi connectivity index (χ3v) is 5.13. The maximum atomic E-state index is 9.32. The molecule has 0 aromatic carbocycles. The van der Waals surface area contributed by atoms with Crippen molar-refractivity contribution < 1.29 is 5.11 Å². The topological polar surface area (TPSA) is 49.5 Å². The molecule has 0 amide bonds. The van der Waals surface area contributed by atoms with Crippen molar-refractivity contribution in [1.82, 2.24) is 4.90 Å². The second-order valence-electron chi connectivity index (χ2n) is 7.38. The normalized spacial score (nSPS) is 39.7. The van der Waals surface area contributed by atoms with Gasteiger partial charge in [0.15, 0.2) is 0 Å². The molecule has 0 aliphatic heterocycles. The molecule has 3 N–H and O–H groups in total. The van der Waals surface area contributed by atoms with Crippen molar-refractivity contribution in [3.63, 3.8) is 0 Å². The average molecular weight is 254 g/mol. The van der Waals surface area contributed by atoms with E-state index in [0.717, 1.165) is 25.9 Å². The molecular formula is C15H30N2O. The van der Waals surface area contributed by atoms with E-state index in [1.54, 1.807) is 0 Å². The third-order valence-electron chi connectivity index (χ3n) is 5.13. The van der Waals surface area contributed by atoms with Crippen LogP contribution >= 0.6 is 0 Å². The molecule has 2 rings (SSSR count). The van der Waals surface area contributed by atoms with Crippen LogP contribution in [0.5, 0.6) is 0 Å². The molecule has 0 spiro atoms. The summed E-state index contributed by atoms with van der Waals surface area (Å²) in [6, 6.07) is 0.334. The van der Waals surface area contributed by atoms with Crippen LogP contribution in [0.3, 0.4) is 0 Å². The lowest BCUT2D eigenvalue weighted by molar-refractivity contribution is 0.0219. The van der Waals surface area contributed by atoms with Crippen LogP contribution < -0.4 is 5.73 Å². The van der Waals surface area contributed by atoms with Gasteiger partial charge in [-0.15, -0.1) is 0 Å². The van der Waals surface area contributed by atoms with E-state index < -0.39 is 0 Å². The van der Waals surface area contributed by atoms with Gasteiger partial charge in [-0.2, -0.15) is 0 Å². The first kappa shape index (κ1) is 14.3. The van der Waals surface area contributed by atoms with Crippen LogP contribution in [0.4, 0.5) is 0 Å². The number of hydrogen-bond donors (Lipinski definition) is 2. The molecule has 0 saturated heterocycles. The fourth-order valence-corrected chi connectivity index (χ4v) is 3.77. The van der Waals surface area contributed by atoms with Crippen molar-refractivity contribution in [1.29, 1.82) is 0 Å². The van der Waals surface area contributed by atoms with Gasteiger partial charge in [0.05, 0.1) is 6.10 Å². The monoisotopic (exact) mass is 254 g/mol. The molecule has 18 heavy (non-hydrogen) atoms. The molecule has 2 aliphatic rings.